The van der Waals surface area contributed by atoms with Gasteiger partial charge in [0.25, 0.3) is 5.91 Å². The summed E-state index contributed by atoms with van der Waals surface area (Å²) >= 11 is 0. The molecule has 1 N–H and O–H groups in total. The Labute approximate surface area is 186 Å². The second-order valence-corrected chi connectivity index (χ2v) is 9.01. The van der Waals surface area contributed by atoms with E-state index in [1.165, 1.54) is 5.56 Å². The van der Waals surface area contributed by atoms with Gasteiger partial charge in [-0.2, -0.15) is 0 Å². The van der Waals surface area contributed by atoms with Crippen LogP contribution in [-0.4, -0.2) is 10.9 Å². The van der Waals surface area contributed by atoms with Crippen LogP contribution in [0.1, 0.15) is 36.7 Å². The van der Waals surface area contributed by atoms with Crippen molar-refractivity contribution in [3.8, 4) is 11.5 Å². The minimum Gasteiger partial charge on any atom is -0.436 e. The zero-order valence-corrected chi connectivity index (χ0v) is 18.3. The van der Waals surface area contributed by atoms with Crippen molar-refractivity contribution in [3.05, 3.63) is 96.1 Å². The van der Waals surface area contributed by atoms with Crippen LogP contribution in [0.2, 0.25) is 0 Å². The maximum atomic E-state index is 12.9. The van der Waals surface area contributed by atoms with Crippen molar-refractivity contribution in [1.82, 2.24) is 4.98 Å². The molecule has 1 amide bonds. The Morgan fingerprint density at radius 3 is 2.41 bits per heavy atom. The van der Waals surface area contributed by atoms with Gasteiger partial charge in [-0.05, 0) is 64.2 Å². The molecule has 158 valence electrons. The topological polar surface area (TPSA) is 55.1 Å². The minimum absolute atomic E-state index is 0.0528. The molecule has 0 aliphatic carbocycles. The smallest absolute Gasteiger partial charge is 0.256 e. The molecule has 4 aromatic carbocycles. The summed E-state index contributed by atoms with van der Waals surface area (Å²) in [6.07, 6.45) is 0. The zero-order chi connectivity index (χ0) is 22.3. The molecule has 0 aliphatic rings. The number of nitrogens with zero attached hydrogens (tertiary/aromatic N) is 1. The lowest BCUT2D eigenvalue weighted by Crippen LogP contribution is -2.12. The van der Waals surface area contributed by atoms with E-state index in [0.717, 1.165) is 33.1 Å². The highest BCUT2D eigenvalue weighted by atomic mass is 16.3. The lowest BCUT2D eigenvalue weighted by Gasteiger charge is -2.18. The number of hydrogen-bond acceptors (Lipinski definition) is 3. The van der Waals surface area contributed by atoms with Crippen molar-refractivity contribution >= 4 is 33.5 Å². The molecular formula is C28H24N2O2. The van der Waals surface area contributed by atoms with Crippen LogP contribution in [0.15, 0.2) is 89.3 Å². The Morgan fingerprint density at radius 1 is 0.875 bits per heavy atom. The van der Waals surface area contributed by atoms with Gasteiger partial charge in [0.15, 0.2) is 5.58 Å². The third-order valence-corrected chi connectivity index (χ3v) is 5.68. The molecule has 32 heavy (non-hydrogen) atoms. The first kappa shape index (κ1) is 20.0. The van der Waals surface area contributed by atoms with Crippen LogP contribution in [0, 0.1) is 0 Å². The van der Waals surface area contributed by atoms with E-state index in [9.17, 15) is 4.79 Å². The molecule has 0 atom stereocenters. The second-order valence-electron chi connectivity index (χ2n) is 9.01. The Hall–Kier alpha value is -3.92. The second kappa shape index (κ2) is 7.65. The number of fused-ring (bicyclic) bond motifs is 2. The molecule has 1 aromatic heterocycles. The van der Waals surface area contributed by atoms with Crippen LogP contribution in [0.3, 0.4) is 0 Å². The molecule has 0 unspecified atom stereocenters. The van der Waals surface area contributed by atoms with Crippen molar-refractivity contribution in [1.29, 1.82) is 0 Å². The number of carbonyl (C=O) groups is 1. The van der Waals surface area contributed by atoms with E-state index >= 15 is 0 Å². The number of oxazole rings is 1. The molecule has 0 radical (unpaired) electrons. The maximum Gasteiger partial charge on any atom is 0.256 e. The number of aromatic nitrogens is 1. The standard InChI is InChI=1S/C28H24N2O2/c1-28(2,3)20-13-16-25-24(17-20)30-27(32-25)19-11-14-21(15-12-19)29-26(31)23-10-6-8-18-7-4-5-9-22(18)23/h4-17H,1-3H3,(H,29,31). The minimum atomic E-state index is -0.133. The van der Waals surface area contributed by atoms with Crippen molar-refractivity contribution in [2.45, 2.75) is 26.2 Å². The Bertz CT molecular complexity index is 1440. The largest absolute Gasteiger partial charge is 0.436 e. The van der Waals surface area contributed by atoms with Crippen LogP contribution >= 0.6 is 0 Å². The van der Waals surface area contributed by atoms with Crippen LogP contribution in [-0.2, 0) is 5.41 Å². The predicted octanol–water partition coefficient (Wildman–Crippen LogP) is 7.20. The third kappa shape index (κ3) is 3.76. The Balaban J connectivity index is 1.39. The van der Waals surface area contributed by atoms with Gasteiger partial charge in [-0.3, -0.25) is 4.79 Å². The molecule has 4 heteroatoms. The molecule has 0 bridgehead atoms. The van der Waals surface area contributed by atoms with Gasteiger partial charge >= 0.3 is 0 Å². The summed E-state index contributed by atoms with van der Waals surface area (Å²) in [6.45, 7) is 6.54. The summed E-state index contributed by atoms with van der Waals surface area (Å²) in [5, 5.41) is 4.97. The summed E-state index contributed by atoms with van der Waals surface area (Å²) in [7, 11) is 0. The number of benzene rings is 4. The van der Waals surface area contributed by atoms with E-state index in [4.69, 9.17) is 4.42 Å². The van der Waals surface area contributed by atoms with E-state index in [0.29, 0.717) is 11.5 Å². The van der Waals surface area contributed by atoms with Gasteiger partial charge in [-0.25, -0.2) is 4.98 Å². The molecule has 0 aliphatic heterocycles. The highest BCUT2D eigenvalue weighted by Crippen LogP contribution is 2.30. The molecule has 5 aromatic rings. The number of nitrogens with one attached hydrogen (secondary N) is 1. The van der Waals surface area contributed by atoms with Gasteiger partial charge in [-0.15, -0.1) is 0 Å². The van der Waals surface area contributed by atoms with Crippen molar-refractivity contribution in [3.63, 3.8) is 0 Å². The molecule has 0 fully saturated rings. The quantitative estimate of drug-likeness (QED) is 0.336. The fraction of sp³-hybridized carbons (Fsp3) is 0.143. The molecule has 0 spiro atoms. The molecule has 0 saturated carbocycles. The van der Waals surface area contributed by atoms with Crippen LogP contribution in [0.5, 0.6) is 0 Å². The van der Waals surface area contributed by atoms with Gasteiger partial charge in [0.1, 0.15) is 5.52 Å². The third-order valence-electron chi connectivity index (χ3n) is 5.68. The van der Waals surface area contributed by atoms with E-state index in [-0.39, 0.29) is 11.3 Å². The highest BCUT2D eigenvalue weighted by molar-refractivity contribution is 6.12. The number of hydrogen-bond donors (Lipinski definition) is 1. The van der Waals surface area contributed by atoms with Crippen molar-refractivity contribution in [2.24, 2.45) is 0 Å². The normalized spacial score (nSPS) is 11.7. The van der Waals surface area contributed by atoms with Gasteiger partial charge in [0.05, 0.1) is 0 Å². The molecule has 1 heterocycles. The molecular weight excluding hydrogens is 396 g/mol. The Morgan fingerprint density at radius 2 is 1.62 bits per heavy atom. The first-order valence-electron chi connectivity index (χ1n) is 10.7. The van der Waals surface area contributed by atoms with E-state index < -0.39 is 0 Å². The molecule has 5 rings (SSSR count). The Kier molecular flexibility index (Phi) is 4.78. The van der Waals surface area contributed by atoms with E-state index in [1.807, 2.05) is 72.8 Å². The van der Waals surface area contributed by atoms with Crippen LogP contribution < -0.4 is 5.32 Å². The fourth-order valence-electron chi connectivity index (χ4n) is 3.84. The summed E-state index contributed by atoms with van der Waals surface area (Å²) < 4.78 is 5.96. The van der Waals surface area contributed by atoms with Gasteiger partial charge < -0.3 is 9.73 Å². The molecule has 4 nitrogen and oxygen atoms in total. The first-order chi connectivity index (χ1) is 15.4. The number of anilines is 1. The summed E-state index contributed by atoms with van der Waals surface area (Å²) in [5.41, 5.74) is 5.12. The summed E-state index contributed by atoms with van der Waals surface area (Å²) in [4.78, 5) is 17.5. The SMILES string of the molecule is CC(C)(C)c1ccc2oc(-c3ccc(NC(=O)c4cccc5ccccc45)cc3)nc2c1. The maximum absolute atomic E-state index is 12.9. The fourth-order valence-corrected chi connectivity index (χ4v) is 3.84. The van der Waals surface area contributed by atoms with Crippen molar-refractivity contribution < 1.29 is 9.21 Å². The predicted molar refractivity (Wildman–Crippen MR) is 130 cm³/mol. The van der Waals surface area contributed by atoms with Gasteiger partial charge in [0.2, 0.25) is 5.89 Å². The number of amides is 1. The average Bonchev–Trinajstić information content (AvgIpc) is 3.22. The monoisotopic (exact) mass is 420 g/mol. The number of carbonyl (C=O) groups excluding carboxylic acids is 1. The van der Waals surface area contributed by atoms with E-state index in [2.05, 4.69) is 43.2 Å². The lowest BCUT2D eigenvalue weighted by atomic mass is 9.87. The van der Waals surface area contributed by atoms with Crippen molar-refractivity contribution in [2.75, 3.05) is 5.32 Å². The van der Waals surface area contributed by atoms with Crippen LogP contribution in [0.25, 0.3) is 33.3 Å². The van der Waals surface area contributed by atoms with E-state index in [1.54, 1.807) is 0 Å². The average molecular weight is 421 g/mol. The van der Waals surface area contributed by atoms with Gasteiger partial charge in [0, 0.05) is 16.8 Å². The van der Waals surface area contributed by atoms with Crippen LogP contribution in [0.4, 0.5) is 5.69 Å². The van der Waals surface area contributed by atoms with Gasteiger partial charge in [-0.1, -0.05) is 63.2 Å². The number of rotatable bonds is 3. The summed E-state index contributed by atoms with van der Waals surface area (Å²) in [5.74, 6) is 0.434. The lowest BCUT2D eigenvalue weighted by molar-refractivity contribution is 0.102. The first-order valence-corrected chi connectivity index (χ1v) is 10.7. The highest BCUT2D eigenvalue weighted by Gasteiger charge is 2.16. The zero-order valence-electron chi connectivity index (χ0n) is 18.3. The molecule has 0 saturated heterocycles. The summed E-state index contributed by atoms with van der Waals surface area (Å²) in [6, 6.07) is 27.3.